The molecule has 1 saturated heterocycles. The summed E-state index contributed by atoms with van der Waals surface area (Å²) in [7, 11) is 1.60. The number of likely N-dealkylation sites (tertiary alicyclic amines) is 1. The Bertz CT molecular complexity index is 1280. The average molecular weight is 558 g/mol. The lowest BCUT2D eigenvalue weighted by molar-refractivity contribution is -0.0709. The van der Waals surface area contributed by atoms with Crippen molar-refractivity contribution in [2.45, 2.75) is 57.7 Å². The molecule has 1 aliphatic carbocycles. The first-order valence-electron chi connectivity index (χ1n) is 13.6. The number of nitrogens with zero attached hydrogens (tertiary/aromatic N) is 3. The second kappa shape index (κ2) is 13.0. The predicted octanol–water partition coefficient (Wildman–Crippen LogP) is 5.02. The van der Waals surface area contributed by atoms with Crippen LogP contribution in [0.5, 0.6) is 5.75 Å². The number of carbonyl (C=O) groups excluding carboxylic acids is 1. The van der Waals surface area contributed by atoms with Gasteiger partial charge in [0.15, 0.2) is 0 Å². The van der Waals surface area contributed by atoms with Gasteiger partial charge in [0.05, 0.1) is 22.1 Å². The Balaban J connectivity index is 1.28. The molecular formula is C28H36FN5O4S. The van der Waals surface area contributed by atoms with Gasteiger partial charge in [-0.2, -0.15) is 0 Å². The number of aromatic nitrogens is 2. The van der Waals surface area contributed by atoms with Gasteiger partial charge in [-0.15, -0.1) is 11.3 Å². The molecule has 1 amide bonds. The zero-order chi connectivity index (χ0) is 27.2. The predicted molar refractivity (Wildman–Crippen MR) is 149 cm³/mol. The molecule has 0 spiro atoms. The fourth-order valence-electron chi connectivity index (χ4n) is 5.30. The van der Waals surface area contributed by atoms with E-state index in [2.05, 4.69) is 25.5 Å². The zero-order valence-electron chi connectivity index (χ0n) is 22.5. The summed E-state index contributed by atoms with van der Waals surface area (Å²) in [5.74, 6) is 0.471. The number of rotatable bonds is 12. The monoisotopic (exact) mass is 557 g/mol. The highest BCUT2D eigenvalue weighted by Gasteiger charge is 2.28. The maximum atomic E-state index is 14.2. The van der Waals surface area contributed by atoms with E-state index in [1.807, 2.05) is 6.92 Å². The normalized spacial score (nSPS) is 19.6. The van der Waals surface area contributed by atoms with Gasteiger partial charge >= 0.3 is 0 Å². The van der Waals surface area contributed by atoms with E-state index in [9.17, 15) is 9.18 Å². The highest BCUT2D eigenvalue weighted by molar-refractivity contribution is 7.20. The van der Waals surface area contributed by atoms with E-state index in [0.717, 1.165) is 49.8 Å². The molecule has 3 heterocycles. The molecule has 2 N–H and O–H groups in total. The number of thiophene rings is 1. The Labute approximate surface area is 232 Å². The third-order valence-corrected chi connectivity index (χ3v) is 8.52. The molecule has 1 aromatic carbocycles. The van der Waals surface area contributed by atoms with E-state index in [4.69, 9.17) is 14.2 Å². The summed E-state index contributed by atoms with van der Waals surface area (Å²) < 4.78 is 31.1. The Morgan fingerprint density at radius 1 is 1.21 bits per heavy atom. The van der Waals surface area contributed by atoms with Gasteiger partial charge in [0.1, 0.15) is 41.4 Å². The van der Waals surface area contributed by atoms with E-state index in [1.54, 1.807) is 13.2 Å². The zero-order valence-corrected chi connectivity index (χ0v) is 23.3. The first-order chi connectivity index (χ1) is 19.0. The third-order valence-electron chi connectivity index (χ3n) is 7.32. The Kier molecular flexibility index (Phi) is 9.23. The number of hydrogen-bond donors (Lipinski definition) is 2. The molecule has 3 aromatic rings. The quantitative estimate of drug-likeness (QED) is 0.237. The van der Waals surface area contributed by atoms with Crippen molar-refractivity contribution in [3.63, 3.8) is 0 Å². The summed E-state index contributed by atoms with van der Waals surface area (Å²) >= 11 is 1.35. The number of carbonyl (C=O) groups is 1. The summed E-state index contributed by atoms with van der Waals surface area (Å²) in [5.41, 5.74) is 1.41. The molecule has 2 aromatic heterocycles. The molecule has 39 heavy (non-hydrogen) atoms. The van der Waals surface area contributed by atoms with Crippen LogP contribution in [0.15, 0.2) is 24.5 Å². The molecule has 1 saturated carbocycles. The van der Waals surface area contributed by atoms with Crippen LogP contribution in [-0.4, -0.2) is 73.1 Å². The molecule has 0 unspecified atom stereocenters. The minimum atomic E-state index is -0.385. The van der Waals surface area contributed by atoms with E-state index < -0.39 is 0 Å². The number of aryl methyl sites for hydroxylation is 1. The lowest BCUT2D eigenvalue weighted by Gasteiger charge is -2.18. The van der Waals surface area contributed by atoms with Crippen molar-refractivity contribution in [3.8, 4) is 5.75 Å². The van der Waals surface area contributed by atoms with Gasteiger partial charge < -0.3 is 29.7 Å². The maximum absolute atomic E-state index is 14.2. The molecule has 2 aliphatic rings. The number of anilines is 2. The molecule has 5 rings (SSSR count). The summed E-state index contributed by atoms with van der Waals surface area (Å²) in [4.78, 5) is 25.7. The Morgan fingerprint density at radius 3 is 2.85 bits per heavy atom. The van der Waals surface area contributed by atoms with Gasteiger partial charge in [0.25, 0.3) is 5.91 Å². The highest BCUT2D eigenvalue weighted by Crippen LogP contribution is 2.37. The lowest BCUT2D eigenvalue weighted by atomic mass is 10.2. The van der Waals surface area contributed by atoms with Crippen molar-refractivity contribution in [1.29, 1.82) is 0 Å². The second-order valence-electron chi connectivity index (χ2n) is 10.1. The summed E-state index contributed by atoms with van der Waals surface area (Å²) in [6.45, 7) is 6.11. The van der Waals surface area contributed by atoms with Crippen molar-refractivity contribution in [2.24, 2.45) is 0 Å². The summed E-state index contributed by atoms with van der Waals surface area (Å²) in [6, 6.07) is 4.40. The Hall–Kier alpha value is -2.86. The molecule has 210 valence electrons. The van der Waals surface area contributed by atoms with E-state index in [1.165, 1.54) is 42.6 Å². The van der Waals surface area contributed by atoms with E-state index >= 15 is 0 Å². The van der Waals surface area contributed by atoms with Crippen LogP contribution in [0.4, 0.5) is 15.9 Å². The van der Waals surface area contributed by atoms with Crippen LogP contribution in [0.25, 0.3) is 10.2 Å². The molecular weight excluding hydrogens is 521 g/mol. The number of fused-ring (bicyclic) bond motifs is 1. The molecule has 0 radical (unpaired) electrons. The second-order valence-corrected chi connectivity index (χ2v) is 11.1. The highest BCUT2D eigenvalue weighted by atomic mass is 32.1. The van der Waals surface area contributed by atoms with Crippen LogP contribution in [-0.2, 0) is 9.47 Å². The van der Waals surface area contributed by atoms with Gasteiger partial charge in [-0.05, 0) is 76.4 Å². The lowest BCUT2D eigenvalue weighted by Crippen LogP contribution is -2.28. The molecule has 0 bridgehead atoms. The topological polar surface area (TPSA) is 97.8 Å². The van der Waals surface area contributed by atoms with Crippen LogP contribution in [0.1, 0.15) is 53.8 Å². The SMILES string of the molecule is COCO[C@H]1CC[C@H](Oc2cc(F)ccc2Nc2ncnc3sc(C(=O)NCCCN4CCCC4)c(C)c23)C1. The van der Waals surface area contributed by atoms with Gasteiger partial charge in [-0.3, -0.25) is 4.79 Å². The fourth-order valence-corrected chi connectivity index (χ4v) is 6.37. The number of nitrogens with one attached hydrogen (secondary N) is 2. The molecule has 9 nitrogen and oxygen atoms in total. The third kappa shape index (κ3) is 6.84. The van der Waals surface area contributed by atoms with Crippen molar-refractivity contribution in [1.82, 2.24) is 20.2 Å². The van der Waals surface area contributed by atoms with Crippen molar-refractivity contribution >= 4 is 39.0 Å². The minimum Gasteiger partial charge on any atom is -0.488 e. The largest absolute Gasteiger partial charge is 0.488 e. The van der Waals surface area contributed by atoms with Gasteiger partial charge in [-0.25, -0.2) is 14.4 Å². The number of methoxy groups -OCH3 is 1. The van der Waals surface area contributed by atoms with Crippen LogP contribution < -0.4 is 15.4 Å². The first kappa shape index (κ1) is 27.7. The van der Waals surface area contributed by atoms with Crippen LogP contribution >= 0.6 is 11.3 Å². The van der Waals surface area contributed by atoms with Crippen molar-refractivity contribution < 1.29 is 23.4 Å². The van der Waals surface area contributed by atoms with Gasteiger partial charge in [0, 0.05) is 26.1 Å². The van der Waals surface area contributed by atoms with Crippen LogP contribution in [0, 0.1) is 12.7 Å². The standard InChI is InChI=1S/C28H36FN5O4S/c1-18-24-26(31-16-32-28(24)39-25(18)27(35)30-10-5-13-34-11-3-4-12-34)33-22-9-6-19(29)14-23(22)38-21-8-7-20(15-21)37-17-36-2/h6,9,14,16,20-21H,3-5,7-8,10-13,15,17H2,1-2H3,(H,30,35)(H,31,32,33)/t20-,21-/m0/s1. The smallest absolute Gasteiger partial charge is 0.261 e. The average Bonchev–Trinajstić information content (AvgIpc) is 3.68. The van der Waals surface area contributed by atoms with E-state index in [0.29, 0.717) is 39.9 Å². The number of benzene rings is 1. The fraction of sp³-hybridized carbons (Fsp3) is 0.536. The van der Waals surface area contributed by atoms with Crippen molar-refractivity contribution in [2.75, 3.05) is 45.4 Å². The molecule has 11 heteroatoms. The number of amides is 1. The maximum Gasteiger partial charge on any atom is 0.261 e. The number of hydrogen-bond acceptors (Lipinski definition) is 9. The number of ether oxygens (including phenoxy) is 3. The van der Waals surface area contributed by atoms with Gasteiger partial charge in [-0.1, -0.05) is 0 Å². The summed E-state index contributed by atoms with van der Waals surface area (Å²) in [6.07, 6.45) is 7.26. The molecule has 1 aliphatic heterocycles. The number of halogens is 1. The molecule has 2 atom stereocenters. The van der Waals surface area contributed by atoms with Gasteiger partial charge in [0.2, 0.25) is 0 Å². The molecule has 2 fully saturated rings. The summed E-state index contributed by atoms with van der Waals surface area (Å²) in [5, 5.41) is 7.15. The Morgan fingerprint density at radius 2 is 2.03 bits per heavy atom. The van der Waals surface area contributed by atoms with Crippen LogP contribution in [0.3, 0.4) is 0 Å². The van der Waals surface area contributed by atoms with E-state index in [-0.39, 0.29) is 30.7 Å². The van der Waals surface area contributed by atoms with Crippen LogP contribution in [0.2, 0.25) is 0 Å². The minimum absolute atomic E-state index is 0.0552. The van der Waals surface area contributed by atoms with Crippen molar-refractivity contribution in [3.05, 3.63) is 40.8 Å². The first-order valence-corrected chi connectivity index (χ1v) is 14.4.